The van der Waals surface area contributed by atoms with Gasteiger partial charge in [-0.2, -0.15) is 0 Å². The molecule has 0 aromatic heterocycles. The highest BCUT2D eigenvalue weighted by Crippen LogP contribution is 2.27. The van der Waals surface area contributed by atoms with Gasteiger partial charge in [0.1, 0.15) is 6.54 Å². The van der Waals surface area contributed by atoms with Crippen LogP contribution in [0, 0.1) is 23.0 Å². The number of nitro benzene ring substituents is 1. The molecule has 0 saturated carbocycles. The monoisotopic (exact) mass is 399 g/mol. The van der Waals surface area contributed by atoms with Crippen molar-refractivity contribution in [3.8, 4) is 0 Å². The highest BCUT2D eigenvalue weighted by Gasteiger charge is 2.24. The molecule has 1 aromatic carbocycles. The second-order valence-corrected chi connectivity index (χ2v) is 8.62. The molecule has 1 N–H and O–H groups in total. The van der Waals surface area contributed by atoms with Crippen molar-refractivity contribution in [2.45, 2.75) is 46.5 Å². The van der Waals surface area contributed by atoms with E-state index in [0.29, 0.717) is 18.0 Å². The normalized spacial score (nSPS) is 12.4. The van der Waals surface area contributed by atoms with E-state index < -0.39 is 27.4 Å². The average molecular weight is 400 g/mol. The molecule has 0 heterocycles. The summed E-state index contributed by atoms with van der Waals surface area (Å²) < 4.78 is 25.3. The quantitative estimate of drug-likeness (QED) is 0.454. The van der Waals surface area contributed by atoms with Crippen LogP contribution in [-0.2, 0) is 14.8 Å². The third-order valence-electron chi connectivity index (χ3n) is 4.49. The number of aryl methyl sites for hydroxylation is 1. The van der Waals surface area contributed by atoms with Crippen LogP contribution in [0.5, 0.6) is 0 Å². The second-order valence-electron chi connectivity index (χ2n) is 6.72. The fourth-order valence-electron chi connectivity index (χ4n) is 2.75. The number of hydrogen-bond donors (Lipinski definition) is 1. The summed E-state index contributed by atoms with van der Waals surface area (Å²) in [4.78, 5) is 22.8. The van der Waals surface area contributed by atoms with Crippen LogP contribution < -0.4 is 9.62 Å². The number of nitrogens with zero attached hydrogens (tertiary/aromatic N) is 2. The first kappa shape index (κ1) is 22.9. The lowest BCUT2D eigenvalue weighted by atomic mass is 9.99. The Hall–Kier alpha value is -2.16. The standard InChI is InChI=1S/C18H29N3O5S/c1-5-7-8-15(6-2)12-19-18(22)13-20(27(4,25)26)17-11-16(21(23)24)10-9-14(17)3/h9-11,15H,5-8,12-13H2,1-4H3,(H,19,22). The summed E-state index contributed by atoms with van der Waals surface area (Å²) in [6, 6.07) is 3.96. The zero-order valence-corrected chi connectivity index (χ0v) is 17.2. The van der Waals surface area contributed by atoms with E-state index >= 15 is 0 Å². The second kappa shape index (κ2) is 10.2. The Morgan fingerprint density at radius 2 is 2.00 bits per heavy atom. The molecule has 152 valence electrons. The van der Waals surface area contributed by atoms with Crippen LogP contribution in [0.2, 0.25) is 0 Å². The molecule has 1 amide bonds. The van der Waals surface area contributed by atoms with Gasteiger partial charge in [-0.15, -0.1) is 0 Å². The van der Waals surface area contributed by atoms with Gasteiger partial charge in [0, 0.05) is 18.7 Å². The molecule has 1 aromatic rings. The van der Waals surface area contributed by atoms with E-state index in [9.17, 15) is 23.3 Å². The van der Waals surface area contributed by atoms with E-state index in [1.807, 2.05) is 0 Å². The number of carbonyl (C=O) groups excluding carboxylic acids is 1. The van der Waals surface area contributed by atoms with E-state index in [0.717, 1.165) is 36.2 Å². The summed E-state index contributed by atoms with van der Waals surface area (Å²) in [5, 5.41) is 13.8. The van der Waals surface area contributed by atoms with Crippen LogP contribution in [-0.4, -0.2) is 38.6 Å². The number of benzene rings is 1. The van der Waals surface area contributed by atoms with Gasteiger partial charge in [-0.1, -0.05) is 39.2 Å². The van der Waals surface area contributed by atoms with Crippen LogP contribution in [0.15, 0.2) is 18.2 Å². The molecule has 0 aliphatic heterocycles. The molecule has 0 bridgehead atoms. The maximum absolute atomic E-state index is 12.3. The highest BCUT2D eigenvalue weighted by molar-refractivity contribution is 7.92. The fraction of sp³-hybridized carbons (Fsp3) is 0.611. The minimum absolute atomic E-state index is 0.139. The third kappa shape index (κ3) is 7.16. The van der Waals surface area contributed by atoms with E-state index in [-0.39, 0.29) is 11.4 Å². The van der Waals surface area contributed by atoms with Crippen LogP contribution >= 0.6 is 0 Å². The number of unbranched alkanes of at least 4 members (excludes halogenated alkanes) is 1. The summed E-state index contributed by atoms with van der Waals surface area (Å²) >= 11 is 0. The lowest BCUT2D eigenvalue weighted by Crippen LogP contribution is -2.42. The molecular formula is C18H29N3O5S. The number of carbonyl (C=O) groups is 1. The predicted molar refractivity (Wildman–Crippen MR) is 106 cm³/mol. The Morgan fingerprint density at radius 3 is 2.52 bits per heavy atom. The summed E-state index contributed by atoms with van der Waals surface area (Å²) in [5.74, 6) is -0.0820. The first-order valence-electron chi connectivity index (χ1n) is 9.09. The van der Waals surface area contributed by atoms with Crippen molar-refractivity contribution < 1.29 is 18.1 Å². The number of non-ortho nitro benzene ring substituents is 1. The molecular weight excluding hydrogens is 370 g/mol. The van der Waals surface area contributed by atoms with Gasteiger partial charge >= 0.3 is 0 Å². The van der Waals surface area contributed by atoms with Crippen molar-refractivity contribution >= 4 is 27.3 Å². The smallest absolute Gasteiger partial charge is 0.271 e. The average Bonchev–Trinajstić information content (AvgIpc) is 2.59. The molecule has 1 unspecified atom stereocenters. The molecule has 27 heavy (non-hydrogen) atoms. The number of hydrogen-bond acceptors (Lipinski definition) is 5. The fourth-order valence-corrected chi connectivity index (χ4v) is 3.65. The van der Waals surface area contributed by atoms with Crippen LogP contribution in [0.3, 0.4) is 0 Å². The molecule has 0 aliphatic rings. The molecule has 9 heteroatoms. The van der Waals surface area contributed by atoms with Crippen molar-refractivity contribution in [1.82, 2.24) is 5.32 Å². The number of nitrogens with one attached hydrogen (secondary N) is 1. The number of sulfonamides is 1. The molecule has 0 saturated heterocycles. The van der Waals surface area contributed by atoms with E-state index in [1.54, 1.807) is 6.92 Å². The Morgan fingerprint density at radius 1 is 1.33 bits per heavy atom. The molecule has 1 atom stereocenters. The summed E-state index contributed by atoms with van der Waals surface area (Å²) in [6.07, 6.45) is 5.08. The number of nitro groups is 1. The first-order valence-corrected chi connectivity index (χ1v) is 10.9. The van der Waals surface area contributed by atoms with Crippen molar-refractivity contribution in [2.24, 2.45) is 5.92 Å². The van der Waals surface area contributed by atoms with Crippen molar-refractivity contribution in [3.63, 3.8) is 0 Å². The molecule has 8 nitrogen and oxygen atoms in total. The van der Waals surface area contributed by atoms with Gasteiger partial charge in [0.05, 0.1) is 16.9 Å². The maximum atomic E-state index is 12.3. The summed E-state index contributed by atoms with van der Waals surface area (Å²) in [7, 11) is -3.79. The largest absolute Gasteiger partial charge is 0.354 e. The SMILES string of the molecule is CCCCC(CC)CNC(=O)CN(c1cc([N+](=O)[O-])ccc1C)S(C)(=O)=O. The number of rotatable bonds is 11. The third-order valence-corrected chi connectivity index (χ3v) is 5.62. The predicted octanol–water partition coefficient (Wildman–Crippen LogP) is 3.00. The van der Waals surface area contributed by atoms with Gasteiger partial charge in [-0.25, -0.2) is 8.42 Å². The minimum Gasteiger partial charge on any atom is -0.354 e. The van der Waals surface area contributed by atoms with Crippen molar-refractivity contribution in [1.29, 1.82) is 0 Å². The van der Waals surface area contributed by atoms with Gasteiger partial charge in [-0.3, -0.25) is 19.2 Å². The first-order chi connectivity index (χ1) is 12.6. The summed E-state index contributed by atoms with van der Waals surface area (Å²) in [5.41, 5.74) is 0.448. The van der Waals surface area contributed by atoms with E-state index in [4.69, 9.17) is 0 Å². The Bertz CT molecular complexity index is 764. The highest BCUT2D eigenvalue weighted by atomic mass is 32.2. The molecule has 0 spiro atoms. The van der Waals surface area contributed by atoms with Crippen LogP contribution in [0.4, 0.5) is 11.4 Å². The van der Waals surface area contributed by atoms with Crippen molar-refractivity contribution in [2.75, 3.05) is 23.7 Å². The lowest BCUT2D eigenvalue weighted by molar-refractivity contribution is -0.384. The molecule has 0 fully saturated rings. The number of amides is 1. The van der Waals surface area contributed by atoms with Gasteiger partial charge < -0.3 is 5.32 Å². The molecule has 0 aliphatic carbocycles. The van der Waals surface area contributed by atoms with Crippen molar-refractivity contribution in [3.05, 3.63) is 33.9 Å². The Kier molecular flexibility index (Phi) is 8.68. The van der Waals surface area contributed by atoms with Crippen LogP contribution in [0.1, 0.15) is 45.1 Å². The van der Waals surface area contributed by atoms with Gasteiger partial charge in [0.2, 0.25) is 15.9 Å². The maximum Gasteiger partial charge on any atom is 0.271 e. The molecule has 1 rings (SSSR count). The summed E-state index contributed by atoms with van der Waals surface area (Å²) in [6.45, 7) is 5.89. The van der Waals surface area contributed by atoms with E-state index in [1.165, 1.54) is 18.2 Å². The minimum atomic E-state index is -3.79. The van der Waals surface area contributed by atoms with Crippen LogP contribution in [0.25, 0.3) is 0 Å². The van der Waals surface area contributed by atoms with Gasteiger partial charge in [-0.05, 0) is 24.8 Å². The lowest BCUT2D eigenvalue weighted by Gasteiger charge is -2.24. The number of anilines is 1. The topological polar surface area (TPSA) is 110 Å². The van der Waals surface area contributed by atoms with Gasteiger partial charge in [0.15, 0.2) is 0 Å². The Balaban J connectivity index is 2.96. The zero-order valence-electron chi connectivity index (χ0n) is 16.4. The Labute approximate surface area is 161 Å². The van der Waals surface area contributed by atoms with Gasteiger partial charge in [0.25, 0.3) is 5.69 Å². The zero-order chi connectivity index (χ0) is 20.6. The molecule has 0 radical (unpaired) electrons. The van der Waals surface area contributed by atoms with E-state index in [2.05, 4.69) is 19.2 Å².